The Bertz CT molecular complexity index is 627. The van der Waals surface area contributed by atoms with E-state index >= 15 is 0 Å². The van der Waals surface area contributed by atoms with Gasteiger partial charge in [0.2, 0.25) is 0 Å². The number of carbonyl (C=O) groups is 1. The van der Waals surface area contributed by atoms with E-state index in [2.05, 4.69) is 10.5 Å². The second-order valence-corrected chi connectivity index (χ2v) is 4.89. The van der Waals surface area contributed by atoms with Crippen molar-refractivity contribution in [2.75, 3.05) is 0 Å². The zero-order chi connectivity index (χ0) is 14.4. The Labute approximate surface area is 127 Å². The molecule has 0 radical (unpaired) electrons. The molecule has 0 aliphatic heterocycles. The second-order valence-electron chi connectivity index (χ2n) is 4.07. The van der Waals surface area contributed by atoms with Crippen molar-refractivity contribution in [1.29, 1.82) is 0 Å². The Kier molecular flexibility index (Phi) is 5.16. The number of carbonyl (C=O) groups excluding carboxylic acids is 1. The Morgan fingerprint density at radius 3 is 2.55 bits per heavy atom. The van der Waals surface area contributed by atoms with Crippen LogP contribution in [0, 0.1) is 0 Å². The molecule has 2 aromatic rings. The van der Waals surface area contributed by atoms with Gasteiger partial charge >= 0.3 is 0 Å². The zero-order valence-electron chi connectivity index (χ0n) is 10.5. The van der Waals surface area contributed by atoms with Crippen molar-refractivity contribution in [2.45, 2.75) is 6.42 Å². The minimum atomic E-state index is -0.326. The molecule has 102 valence electrons. The van der Waals surface area contributed by atoms with Crippen molar-refractivity contribution >= 4 is 35.3 Å². The molecular formula is C15H12Cl2N2O. The maximum absolute atomic E-state index is 11.8. The molecule has 0 saturated carbocycles. The summed E-state index contributed by atoms with van der Waals surface area (Å²) in [5.41, 5.74) is 3.98. The molecule has 0 saturated heterocycles. The lowest BCUT2D eigenvalue weighted by atomic mass is 10.2. The third kappa shape index (κ3) is 4.08. The topological polar surface area (TPSA) is 41.5 Å². The smallest absolute Gasteiger partial charge is 0.267 e. The molecule has 0 aliphatic rings. The highest BCUT2D eigenvalue weighted by Gasteiger charge is 2.06. The van der Waals surface area contributed by atoms with E-state index in [1.165, 1.54) is 6.07 Å². The number of hydrogen-bond acceptors (Lipinski definition) is 2. The van der Waals surface area contributed by atoms with Crippen LogP contribution in [0.15, 0.2) is 53.6 Å². The molecule has 0 spiro atoms. The van der Waals surface area contributed by atoms with Gasteiger partial charge in [-0.1, -0.05) is 53.5 Å². The van der Waals surface area contributed by atoms with Crippen LogP contribution in [0.1, 0.15) is 15.9 Å². The summed E-state index contributed by atoms with van der Waals surface area (Å²) >= 11 is 11.6. The zero-order valence-corrected chi connectivity index (χ0v) is 12.0. The van der Waals surface area contributed by atoms with Crippen molar-refractivity contribution in [3.8, 4) is 0 Å². The van der Waals surface area contributed by atoms with Crippen molar-refractivity contribution < 1.29 is 4.79 Å². The molecule has 0 heterocycles. The van der Waals surface area contributed by atoms with Crippen LogP contribution in [0.3, 0.4) is 0 Å². The van der Waals surface area contributed by atoms with E-state index in [4.69, 9.17) is 23.2 Å². The van der Waals surface area contributed by atoms with Gasteiger partial charge in [-0.05, 0) is 23.8 Å². The van der Waals surface area contributed by atoms with Crippen molar-refractivity contribution in [3.63, 3.8) is 0 Å². The Morgan fingerprint density at radius 2 is 1.85 bits per heavy atom. The molecular weight excluding hydrogens is 295 g/mol. The lowest BCUT2D eigenvalue weighted by Crippen LogP contribution is -2.17. The van der Waals surface area contributed by atoms with Crippen LogP contribution < -0.4 is 5.43 Å². The van der Waals surface area contributed by atoms with Crippen molar-refractivity contribution in [2.24, 2.45) is 5.10 Å². The molecule has 0 aliphatic carbocycles. The van der Waals surface area contributed by atoms with Gasteiger partial charge in [0.25, 0.3) is 5.91 Å². The van der Waals surface area contributed by atoms with Crippen LogP contribution in [-0.4, -0.2) is 12.1 Å². The van der Waals surface area contributed by atoms with E-state index in [0.717, 1.165) is 5.56 Å². The number of amides is 1. The summed E-state index contributed by atoms with van der Waals surface area (Å²) in [6.45, 7) is 0. The number of rotatable bonds is 4. The molecule has 2 rings (SSSR count). The summed E-state index contributed by atoms with van der Waals surface area (Å²) in [4.78, 5) is 11.8. The average molecular weight is 307 g/mol. The maximum Gasteiger partial charge on any atom is 0.271 e. The van der Waals surface area contributed by atoms with E-state index in [0.29, 0.717) is 22.0 Å². The van der Waals surface area contributed by atoms with E-state index in [1.54, 1.807) is 18.3 Å². The van der Waals surface area contributed by atoms with Gasteiger partial charge in [0.1, 0.15) is 0 Å². The van der Waals surface area contributed by atoms with Crippen LogP contribution in [-0.2, 0) is 6.42 Å². The van der Waals surface area contributed by atoms with Gasteiger partial charge in [0, 0.05) is 18.2 Å². The van der Waals surface area contributed by atoms with Crippen molar-refractivity contribution in [1.82, 2.24) is 5.43 Å². The predicted molar refractivity (Wildman–Crippen MR) is 82.6 cm³/mol. The number of halogens is 2. The lowest BCUT2D eigenvalue weighted by molar-refractivity contribution is 0.0955. The van der Waals surface area contributed by atoms with E-state index in [9.17, 15) is 4.79 Å². The van der Waals surface area contributed by atoms with Crippen LogP contribution in [0.2, 0.25) is 10.0 Å². The van der Waals surface area contributed by atoms with Gasteiger partial charge in [-0.3, -0.25) is 4.79 Å². The molecule has 0 aromatic heterocycles. The number of benzene rings is 2. The quantitative estimate of drug-likeness (QED) is 0.674. The maximum atomic E-state index is 11.8. The van der Waals surface area contributed by atoms with Gasteiger partial charge in [0.15, 0.2) is 0 Å². The first kappa shape index (κ1) is 14.6. The predicted octanol–water partition coefficient (Wildman–Crippen LogP) is 3.95. The fraction of sp³-hybridized carbons (Fsp3) is 0.0667. The lowest BCUT2D eigenvalue weighted by Gasteiger charge is -2.01. The van der Waals surface area contributed by atoms with E-state index in [-0.39, 0.29) is 5.91 Å². The van der Waals surface area contributed by atoms with Crippen LogP contribution in [0.25, 0.3) is 0 Å². The molecule has 3 nitrogen and oxygen atoms in total. The first-order chi connectivity index (χ1) is 9.66. The summed E-state index contributed by atoms with van der Waals surface area (Å²) in [5.74, 6) is -0.326. The molecule has 20 heavy (non-hydrogen) atoms. The first-order valence-corrected chi connectivity index (χ1v) is 6.73. The third-order valence-electron chi connectivity index (χ3n) is 2.61. The number of hydrogen-bond donors (Lipinski definition) is 1. The highest BCUT2D eigenvalue weighted by molar-refractivity contribution is 6.42. The Morgan fingerprint density at radius 1 is 1.10 bits per heavy atom. The minimum Gasteiger partial charge on any atom is -0.267 e. The summed E-state index contributed by atoms with van der Waals surface area (Å²) in [6.07, 6.45) is 2.30. The normalized spacial score (nSPS) is 10.7. The number of hydrazone groups is 1. The molecule has 5 heteroatoms. The van der Waals surface area contributed by atoms with Crippen LogP contribution in [0.5, 0.6) is 0 Å². The molecule has 0 fully saturated rings. The van der Waals surface area contributed by atoms with Crippen LogP contribution in [0.4, 0.5) is 0 Å². The fourth-order valence-electron chi connectivity index (χ4n) is 1.57. The molecule has 2 aromatic carbocycles. The Balaban J connectivity index is 1.90. The van der Waals surface area contributed by atoms with Crippen molar-refractivity contribution in [3.05, 3.63) is 69.7 Å². The van der Waals surface area contributed by atoms with Gasteiger partial charge in [-0.25, -0.2) is 5.43 Å². The number of nitrogens with one attached hydrogen (secondary N) is 1. The van der Waals surface area contributed by atoms with Gasteiger partial charge < -0.3 is 0 Å². The van der Waals surface area contributed by atoms with Gasteiger partial charge in [-0.2, -0.15) is 5.10 Å². The number of nitrogens with zero attached hydrogens (tertiary/aromatic N) is 1. The van der Waals surface area contributed by atoms with Crippen LogP contribution >= 0.6 is 23.2 Å². The molecule has 0 atom stereocenters. The molecule has 1 amide bonds. The summed E-state index contributed by atoms with van der Waals surface area (Å²) in [5, 5.41) is 4.65. The largest absolute Gasteiger partial charge is 0.271 e. The second kappa shape index (κ2) is 7.08. The average Bonchev–Trinajstić information content (AvgIpc) is 2.47. The molecule has 0 unspecified atom stereocenters. The Hall–Kier alpha value is -1.84. The highest BCUT2D eigenvalue weighted by atomic mass is 35.5. The summed E-state index contributed by atoms with van der Waals surface area (Å²) in [7, 11) is 0. The summed E-state index contributed by atoms with van der Waals surface area (Å²) < 4.78 is 0. The standard InChI is InChI=1S/C15H12Cl2N2O/c16-13-7-6-12(10-14(13)17)15(20)19-18-9-8-11-4-2-1-3-5-11/h1-7,9-10H,8H2,(H,19,20)/b18-9+. The highest BCUT2D eigenvalue weighted by Crippen LogP contribution is 2.22. The molecule has 1 N–H and O–H groups in total. The minimum absolute atomic E-state index is 0.326. The van der Waals surface area contributed by atoms with E-state index < -0.39 is 0 Å². The SMILES string of the molecule is O=C(N/N=C/Cc1ccccc1)c1ccc(Cl)c(Cl)c1. The monoisotopic (exact) mass is 306 g/mol. The first-order valence-electron chi connectivity index (χ1n) is 5.97. The van der Waals surface area contributed by atoms with Gasteiger partial charge in [0.05, 0.1) is 10.0 Å². The third-order valence-corrected chi connectivity index (χ3v) is 3.35. The fourth-order valence-corrected chi connectivity index (χ4v) is 1.87. The van der Waals surface area contributed by atoms with E-state index in [1.807, 2.05) is 30.3 Å². The van der Waals surface area contributed by atoms with Gasteiger partial charge in [-0.15, -0.1) is 0 Å². The molecule has 0 bridgehead atoms. The summed E-state index contributed by atoms with van der Waals surface area (Å²) in [6, 6.07) is 14.5.